The maximum Gasteiger partial charge on any atom is 0.246 e. The second kappa shape index (κ2) is 9.98. The zero-order valence-corrected chi connectivity index (χ0v) is 19.9. The van der Waals surface area contributed by atoms with Crippen molar-refractivity contribution < 1.29 is 18.7 Å². The SMILES string of the molecule is Cc1cc(-c2nnc(-c3cc(F)c(OC[C@H]4CNC(=O)CO4)cc3Cl)s2)cc(NC(C)C)n1. The highest BCUT2D eigenvalue weighted by Gasteiger charge is 2.21. The van der Waals surface area contributed by atoms with E-state index in [9.17, 15) is 9.18 Å². The predicted octanol–water partition coefficient (Wildman–Crippen LogP) is 4.08. The minimum Gasteiger partial charge on any atom is -0.488 e. The van der Waals surface area contributed by atoms with Gasteiger partial charge < -0.3 is 20.1 Å². The Morgan fingerprint density at radius 1 is 1.30 bits per heavy atom. The molecule has 33 heavy (non-hydrogen) atoms. The minimum absolute atomic E-state index is 0.00292. The molecule has 1 saturated heterocycles. The van der Waals surface area contributed by atoms with Crippen LogP contribution in [0.5, 0.6) is 5.75 Å². The van der Waals surface area contributed by atoms with Gasteiger partial charge in [0.2, 0.25) is 5.91 Å². The number of nitrogens with zero attached hydrogens (tertiary/aromatic N) is 3. The minimum atomic E-state index is -0.575. The molecule has 1 amide bonds. The Morgan fingerprint density at radius 2 is 2.09 bits per heavy atom. The summed E-state index contributed by atoms with van der Waals surface area (Å²) in [6, 6.07) is 6.77. The summed E-state index contributed by atoms with van der Waals surface area (Å²) >= 11 is 7.73. The van der Waals surface area contributed by atoms with Gasteiger partial charge in [-0.3, -0.25) is 4.79 Å². The van der Waals surface area contributed by atoms with Crippen molar-refractivity contribution in [3.05, 3.63) is 40.8 Å². The Hall–Kier alpha value is -2.82. The number of carbonyl (C=O) groups is 1. The van der Waals surface area contributed by atoms with Crippen molar-refractivity contribution in [2.75, 3.05) is 25.1 Å². The molecule has 3 heterocycles. The number of anilines is 1. The number of rotatable bonds is 7. The molecule has 0 radical (unpaired) electrons. The Labute approximate surface area is 199 Å². The molecule has 2 N–H and O–H groups in total. The van der Waals surface area contributed by atoms with Gasteiger partial charge in [-0.25, -0.2) is 9.37 Å². The molecule has 1 aliphatic heterocycles. The number of benzene rings is 1. The van der Waals surface area contributed by atoms with Crippen molar-refractivity contribution in [2.24, 2.45) is 0 Å². The number of nitrogens with one attached hydrogen (secondary N) is 2. The summed E-state index contributed by atoms with van der Waals surface area (Å²) in [5, 5.41) is 15.9. The van der Waals surface area contributed by atoms with E-state index in [2.05, 4.69) is 25.8 Å². The lowest BCUT2D eigenvalue weighted by Crippen LogP contribution is -2.45. The normalized spacial score (nSPS) is 16.1. The van der Waals surface area contributed by atoms with Crippen LogP contribution in [-0.4, -0.2) is 53.0 Å². The molecule has 1 aromatic carbocycles. The third-order valence-electron chi connectivity index (χ3n) is 4.72. The van der Waals surface area contributed by atoms with E-state index < -0.39 is 5.82 Å². The standard InChI is InChI=1S/C22H23ClFN5O3S/c1-11(2)26-19-5-13(4-12(3)27-19)21-28-29-22(33-21)15-6-17(24)18(7-16(15)23)32-9-14-8-25-20(30)10-31-14/h4-7,11,14H,8-10H2,1-3H3,(H,25,30)(H,26,27)/t14-/m1/s1. The topological polar surface area (TPSA) is 98.3 Å². The van der Waals surface area contributed by atoms with Gasteiger partial charge in [-0.2, -0.15) is 0 Å². The van der Waals surface area contributed by atoms with Gasteiger partial charge in [-0.15, -0.1) is 10.2 Å². The van der Waals surface area contributed by atoms with Crippen molar-refractivity contribution in [1.82, 2.24) is 20.5 Å². The monoisotopic (exact) mass is 491 g/mol. The number of amides is 1. The van der Waals surface area contributed by atoms with Gasteiger partial charge in [0.05, 0.1) is 5.02 Å². The van der Waals surface area contributed by atoms with E-state index in [0.29, 0.717) is 27.1 Å². The number of hydrogen-bond donors (Lipinski definition) is 2. The number of halogens is 2. The largest absolute Gasteiger partial charge is 0.488 e. The number of aryl methyl sites for hydroxylation is 1. The van der Waals surface area contributed by atoms with Gasteiger partial charge in [0.1, 0.15) is 35.2 Å². The number of hydrogen-bond acceptors (Lipinski definition) is 8. The summed E-state index contributed by atoms with van der Waals surface area (Å²) in [5.41, 5.74) is 2.14. The molecule has 0 saturated carbocycles. The number of aromatic nitrogens is 3. The highest BCUT2D eigenvalue weighted by Crippen LogP contribution is 2.37. The lowest BCUT2D eigenvalue weighted by atomic mass is 10.2. The average molecular weight is 492 g/mol. The zero-order chi connectivity index (χ0) is 23.5. The molecule has 0 bridgehead atoms. The second-order valence-electron chi connectivity index (χ2n) is 7.90. The van der Waals surface area contributed by atoms with Gasteiger partial charge in [0.25, 0.3) is 0 Å². The van der Waals surface area contributed by atoms with Crippen molar-refractivity contribution in [2.45, 2.75) is 32.9 Å². The van der Waals surface area contributed by atoms with Crippen molar-refractivity contribution in [3.63, 3.8) is 0 Å². The van der Waals surface area contributed by atoms with E-state index in [1.165, 1.54) is 23.5 Å². The molecule has 4 rings (SSSR count). The maximum atomic E-state index is 14.7. The lowest BCUT2D eigenvalue weighted by molar-refractivity contribution is -0.134. The van der Waals surface area contributed by atoms with Gasteiger partial charge in [0.15, 0.2) is 11.6 Å². The fourth-order valence-corrected chi connectivity index (χ4v) is 4.39. The van der Waals surface area contributed by atoms with Crippen LogP contribution in [0.2, 0.25) is 5.02 Å². The summed E-state index contributed by atoms with van der Waals surface area (Å²) in [6.45, 7) is 6.34. The van der Waals surface area contributed by atoms with E-state index in [1.54, 1.807) is 0 Å². The first kappa shape index (κ1) is 23.3. The van der Waals surface area contributed by atoms with Crippen LogP contribution in [0.25, 0.3) is 21.1 Å². The van der Waals surface area contributed by atoms with E-state index >= 15 is 0 Å². The molecule has 11 heteroatoms. The molecule has 2 aromatic heterocycles. The van der Waals surface area contributed by atoms with Crippen LogP contribution in [0.3, 0.4) is 0 Å². The highest BCUT2D eigenvalue weighted by atomic mass is 35.5. The van der Waals surface area contributed by atoms with Crippen molar-refractivity contribution in [3.8, 4) is 26.9 Å². The summed E-state index contributed by atoms with van der Waals surface area (Å²) in [5.74, 6) is -0.00301. The third-order valence-corrected chi connectivity index (χ3v) is 6.03. The molecule has 1 atom stereocenters. The lowest BCUT2D eigenvalue weighted by Gasteiger charge is -2.23. The summed E-state index contributed by atoms with van der Waals surface area (Å²) in [4.78, 5) is 15.6. The smallest absolute Gasteiger partial charge is 0.246 e. The van der Waals surface area contributed by atoms with Gasteiger partial charge in [-0.05, 0) is 39.0 Å². The third kappa shape index (κ3) is 5.76. The Kier molecular flexibility index (Phi) is 7.06. The van der Waals surface area contributed by atoms with E-state index in [4.69, 9.17) is 21.1 Å². The van der Waals surface area contributed by atoms with Crippen LogP contribution < -0.4 is 15.4 Å². The molecule has 1 aliphatic rings. The summed E-state index contributed by atoms with van der Waals surface area (Å²) in [7, 11) is 0. The average Bonchev–Trinajstić information content (AvgIpc) is 3.24. The quantitative estimate of drug-likeness (QED) is 0.513. The van der Waals surface area contributed by atoms with E-state index in [1.807, 2.05) is 32.9 Å². The molecular weight excluding hydrogens is 469 g/mol. The molecule has 0 spiro atoms. The summed E-state index contributed by atoms with van der Waals surface area (Å²) < 4.78 is 25.6. The van der Waals surface area contributed by atoms with Crippen LogP contribution in [0, 0.1) is 12.7 Å². The van der Waals surface area contributed by atoms with Gasteiger partial charge in [0, 0.05) is 35.5 Å². The highest BCUT2D eigenvalue weighted by molar-refractivity contribution is 7.18. The molecule has 0 unspecified atom stereocenters. The fourth-order valence-electron chi connectivity index (χ4n) is 3.23. The van der Waals surface area contributed by atoms with Crippen LogP contribution in [-0.2, 0) is 9.53 Å². The van der Waals surface area contributed by atoms with Gasteiger partial charge >= 0.3 is 0 Å². The maximum absolute atomic E-state index is 14.7. The van der Waals surface area contributed by atoms with Crippen molar-refractivity contribution >= 4 is 34.7 Å². The molecule has 3 aromatic rings. The zero-order valence-electron chi connectivity index (χ0n) is 18.3. The molecule has 174 valence electrons. The first-order valence-electron chi connectivity index (χ1n) is 10.4. The number of carbonyl (C=O) groups excluding carboxylic acids is 1. The number of ether oxygens (including phenoxy) is 2. The van der Waals surface area contributed by atoms with E-state index in [0.717, 1.165) is 17.1 Å². The Balaban J connectivity index is 1.52. The number of morpholine rings is 1. The molecule has 8 nitrogen and oxygen atoms in total. The van der Waals surface area contributed by atoms with Crippen LogP contribution in [0.1, 0.15) is 19.5 Å². The second-order valence-corrected chi connectivity index (χ2v) is 9.29. The Morgan fingerprint density at radius 3 is 2.82 bits per heavy atom. The first-order valence-corrected chi connectivity index (χ1v) is 11.6. The number of pyridine rings is 1. The molecular formula is C22H23ClFN5O3S. The molecule has 0 aliphatic carbocycles. The summed E-state index contributed by atoms with van der Waals surface area (Å²) in [6.07, 6.45) is -0.356. The fraction of sp³-hybridized carbons (Fsp3) is 0.364. The van der Waals surface area contributed by atoms with Gasteiger partial charge in [-0.1, -0.05) is 22.9 Å². The Bertz CT molecular complexity index is 1160. The molecule has 1 fully saturated rings. The predicted molar refractivity (Wildman–Crippen MR) is 125 cm³/mol. The van der Waals surface area contributed by atoms with Crippen LogP contribution >= 0.6 is 22.9 Å². The van der Waals surface area contributed by atoms with Crippen molar-refractivity contribution in [1.29, 1.82) is 0 Å². The van der Waals surface area contributed by atoms with Crippen LogP contribution in [0.4, 0.5) is 10.2 Å². The van der Waals surface area contributed by atoms with Crippen LogP contribution in [0.15, 0.2) is 24.3 Å². The first-order chi connectivity index (χ1) is 15.8. The van der Waals surface area contributed by atoms with E-state index in [-0.39, 0.29) is 37.0 Å².